The average molecular weight is 516 g/mol. The van der Waals surface area contributed by atoms with Crippen LogP contribution in [-0.4, -0.2) is 59.0 Å². The van der Waals surface area contributed by atoms with Crippen LogP contribution in [0.2, 0.25) is 5.02 Å². The van der Waals surface area contributed by atoms with Crippen molar-refractivity contribution in [3.05, 3.63) is 77.3 Å². The van der Waals surface area contributed by atoms with E-state index in [0.717, 1.165) is 11.4 Å². The van der Waals surface area contributed by atoms with Crippen molar-refractivity contribution in [3.63, 3.8) is 0 Å². The summed E-state index contributed by atoms with van der Waals surface area (Å²) >= 11 is 6.01. The third-order valence-electron chi connectivity index (χ3n) is 5.82. The van der Waals surface area contributed by atoms with Crippen molar-refractivity contribution >= 4 is 38.9 Å². The topological polar surface area (TPSA) is 88.2 Å². The first-order valence-corrected chi connectivity index (χ1v) is 12.8. The molecule has 0 unspecified atom stereocenters. The molecule has 35 heavy (non-hydrogen) atoms. The summed E-state index contributed by atoms with van der Waals surface area (Å²) in [4.78, 5) is 15.0. The standard InChI is InChI=1S/C25H26ClN3O5S/c1-33-23-12-7-18(26)17-21(23)25(30)27-19-8-10-20(11-9-19)35(31,32)29-15-13-28(14-16-29)22-5-3-4-6-24(22)34-2/h3-12,17H,13-16H2,1-2H3,(H,27,30). The van der Waals surface area contributed by atoms with Gasteiger partial charge in [-0.2, -0.15) is 4.31 Å². The van der Waals surface area contributed by atoms with Crippen molar-refractivity contribution in [2.75, 3.05) is 50.6 Å². The van der Waals surface area contributed by atoms with Crippen molar-refractivity contribution in [2.24, 2.45) is 0 Å². The lowest BCUT2D eigenvalue weighted by atomic mass is 10.2. The summed E-state index contributed by atoms with van der Waals surface area (Å²) in [7, 11) is -0.582. The van der Waals surface area contributed by atoms with Gasteiger partial charge >= 0.3 is 0 Å². The molecular formula is C25H26ClN3O5S. The number of para-hydroxylation sites is 2. The number of nitrogens with zero attached hydrogens (tertiary/aromatic N) is 2. The molecule has 184 valence electrons. The van der Waals surface area contributed by atoms with Gasteiger partial charge in [0.1, 0.15) is 11.5 Å². The highest BCUT2D eigenvalue weighted by Gasteiger charge is 2.29. The fraction of sp³-hybridized carbons (Fsp3) is 0.240. The van der Waals surface area contributed by atoms with E-state index < -0.39 is 15.9 Å². The van der Waals surface area contributed by atoms with E-state index in [1.165, 1.54) is 29.6 Å². The summed E-state index contributed by atoms with van der Waals surface area (Å²) in [6, 6.07) is 18.6. The Balaban J connectivity index is 1.43. The van der Waals surface area contributed by atoms with E-state index in [9.17, 15) is 13.2 Å². The molecule has 3 aromatic carbocycles. The number of rotatable bonds is 7. The van der Waals surface area contributed by atoms with Gasteiger partial charge < -0.3 is 19.7 Å². The van der Waals surface area contributed by atoms with Gasteiger partial charge in [-0.1, -0.05) is 23.7 Å². The zero-order valence-corrected chi connectivity index (χ0v) is 21.0. The molecule has 0 radical (unpaired) electrons. The van der Waals surface area contributed by atoms with Crippen LogP contribution in [0.15, 0.2) is 71.6 Å². The number of hydrogen-bond acceptors (Lipinski definition) is 6. The fourth-order valence-corrected chi connectivity index (χ4v) is 5.57. The number of piperazine rings is 1. The maximum absolute atomic E-state index is 13.2. The van der Waals surface area contributed by atoms with Crippen LogP contribution in [0, 0.1) is 0 Å². The molecule has 1 amide bonds. The summed E-state index contributed by atoms with van der Waals surface area (Å²) in [5.41, 5.74) is 1.69. The van der Waals surface area contributed by atoms with E-state index in [4.69, 9.17) is 21.1 Å². The maximum atomic E-state index is 13.2. The Morgan fingerprint density at radius 1 is 0.886 bits per heavy atom. The van der Waals surface area contributed by atoms with Gasteiger partial charge in [-0.15, -0.1) is 0 Å². The first kappa shape index (κ1) is 24.8. The molecule has 0 atom stereocenters. The van der Waals surface area contributed by atoms with Crippen LogP contribution >= 0.6 is 11.6 Å². The van der Waals surface area contributed by atoms with Gasteiger partial charge in [-0.25, -0.2) is 8.42 Å². The zero-order chi connectivity index (χ0) is 25.0. The molecule has 0 aromatic heterocycles. The first-order valence-electron chi connectivity index (χ1n) is 11.0. The van der Waals surface area contributed by atoms with Gasteiger partial charge in [-0.3, -0.25) is 4.79 Å². The fourth-order valence-electron chi connectivity index (χ4n) is 3.98. The van der Waals surface area contributed by atoms with Gasteiger partial charge in [0.25, 0.3) is 5.91 Å². The Morgan fingerprint density at radius 2 is 1.54 bits per heavy atom. The third-order valence-corrected chi connectivity index (χ3v) is 7.97. The highest BCUT2D eigenvalue weighted by Crippen LogP contribution is 2.30. The Bertz CT molecular complexity index is 1310. The van der Waals surface area contributed by atoms with Crippen LogP contribution < -0.4 is 19.7 Å². The minimum Gasteiger partial charge on any atom is -0.496 e. The molecule has 0 saturated carbocycles. The van der Waals surface area contributed by atoms with Crippen LogP contribution in [-0.2, 0) is 10.0 Å². The molecule has 0 bridgehead atoms. The Morgan fingerprint density at radius 3 is 2.20 bits per heavy atom. The van der Waals surface area contributed by atoms with E-state index in [1.807, 2.05) is 24.3 Å². The quantitative estimate of drug-likeness (QED) is 0.509. The van der Waals surface area contributed by atoms with Crippen LogP contribution in [0.3, 0.4) is 0 Å². The lowest BCUT2D eigenvalue weighted by Gasteiger charge is -2.35. The largest absolute Gasteiger partial charge is 0.496 e. The van der Waals surface area contributed by atoms with E-state index in [0.29, 0.717) is 42.6 Å². The Hall–Kier alpha value is -3.27. The number of sulfonamides is 1. The molecule has 3 aromatic rings. The SMILES string of the molecule is COc1ccc(Cl)cc1C(=O)Nc1ccc(S(=O)(=O)N2CCN(c3ccccc3OC)CC2)cc1. The third kappa shape index (κ3) is 5.37. The second-order valence-electron chi connectivity index (χ2n) is 7.89. The second-order valence-corrected chi connectivity index (χ2v) is 10.3. The molecular weight excluding hydrogens is 490 g/mol. The molecule has 1 aliphatic heterocycles. The monoisotopic (exact) mass is 515 g/mol. The number of benzene rings is 3. The lowest BCUT2D eigenvalue weighted by Crippen LogP contribution is -2.48. The number of nitrogens with one attached hydrogen (secondary N) is 1. The molecule has 1 heterocycles. The number of amides is 1. The predicted molar refractivity (Wildman–Crippen MR) is 136 cm³/mol. The Kier molecular flexibility index (Phi) is 7.49. The van der Waals surface area contributed by atoms with Crippen LogP contribution in [0.4, 0.5) is 11.4 Å². The van der Waals surface area contributed by atoms with Gasteiger partial charge in [0.15, 0.2) is 0 Å². The highest BCUT2D eigenvalue weighted by atomic mass is 35.5. The zero-order valence-electron chi connectivity index (χ0n) is 19.4. The summed E-state index contributed by atoms with van der Waals surface area (Å²) in [6.45, 7) is 1.81. The molecule has 1 saturated heterocycles. The number of carbonyl (C=O) groups excluding carboxylic acids is 1. The normalized spacial score (nSPS) is 14.4. The predicted octanol–water partition coefficient (Wildman–Crippen LogP) is 4.12. The lowest BCUT2D eigenvalue weighted by molar-refractivity contribution is 0.102. The number of hydrogen-bond donors (Lipinski definition) is 1. The molecule has 0 spiro atoms. The molecule has 1 aliphatic rings. The van der Waals surface area contributed by atoms with Gasteiger partial charge in [-0.05, 0) is 54.6 Å². The number of ether oxygens (including phenoxy) is 2. The van der Waals surface area contributed by atoms with Crippen LogP contribution in [0.1, 0.15) is 10.4 Å². The van der Waals surface area contributed by atoms with E-state index >= 15 is 0 Å². The molecule has 0 aliphatic carbocycles. The van der Waals surface area contributed by atoms with Gasteiger partial charge in [0.05, 0.1) is 30.4 Å². The summed E-state index contributed by atoms with van der Waals surface area (Å²) < 4.78 is 38.5. The minimum atomic E-state index is -3.67. The first-order chi connectivity index (χ1) is 16.8. The van der Waals surface area contributed by atoms with Gasteiger partial charge in [0, 0.05) is 36.9 Å². The number of anilines is 2. The molecule has 1 fully saturated rings. The number of methoxy groups -OCH3 is 2. The second kappa shape index (κ2) is 10.6. The van der Waals surface area contributed by atoms with Crippen molar-refractivity contribution in [2.45, 2.75) is 4.90 Å². The van der Waals surface area contributed by atoms with Crippen molar-refractivity contribution < 1.29 is 22.7 Å². The van der Waals surface area contributed by atoms with Crippen molar-refractivity contribution in [1.82, 2.24) is 4.31 Å². The van der Waals surface area contributed by atoms with E-state index in [-0.39, 0.29) is 10.5 Å². The summed E-state index contributed by atoms with van der Waals surface area (Å²) in [5, 5.41) is 3.15. The van der Waals surface area contributed by atoms with Crippen LogP contribution in [0.5, 0.6) is 11.5 Å². The molecule has 1 N–H and O–H groups in total. The molecule has 8 nitrogen and oxygen atoms in total. The van der Waals surface area contributed by atoms with Crippen molar-refractivity contribution in [3.8, 4) is 11.5 Å². The highest BCUT2D eigenvalue weighted by molar-refractivity contribution is 7.89. The van der Waals surface area contributed by atoms with E-state index in [2.05, 4.69) is 10.2 Å². The van der Waals surface area contributed by atoms with Crippen molar-refractivity contribution in [1.29, 1.82) is 0 Å². The summed E-state index contributed by atoms with van der Waals surface area (Å²) in [6.07, 6.45) is 0. The minimum absolute atomic E-state index is 0.168. The number of carbonyl (C=O) groups is 1. The molecule has 4 rings (SSSR count). The number of halogens is 1. The summed E-state index contributed by atoms with van der Waals surface area (Å²) in [5.74, 6) is 0.739. The Labute approximate surface area is 210 Å². The molecule has 10 heteroatoms. The average Bonchev–Trinajstić information content (AvgIpc) is 2.89. The van der Waals surface area contributed by atoms with Gasteiger partial charge in [0.2, 0.25) is 10.0 Å². The van der Waals surface area contributed by atoms with Crippen LogP contribution in [0.25, 0.3) is 0 Å². The smallest absolute Gasteiger partial charge is 0.259 e. The maximum Gasteiger partial charge on any atom is 0.259 e. The van der Waals surface area contributed by atoms with E-state index in [1.54, 1.807) is 31.4 Å².